The van der Waals surface area contributed by atoms with Crippen molar-refractivity contribution < 1.29 is 19.4 Å². The second kappa shape index (κ2) is 6.65. The third kappa shape index (κ3) is 3.77. The molecule has 0 atom stereocenters. The van der Waals surface area contributed by atoms with Crippen LogP contribution in [-0.2, 0) is 6.42 Å². The molecule has 0 saturated carbocycles. The summed E-state index contributed by atoms with van der Waals surface area (Å²) in [7, 11) is 0. The van der Waals surface area contributed by atoms with Crippen LogP contribution in [0, 0.1) is 5.21 Å². The second-order valence-corrected chi connectivity index (χ2v) is 5.04. The Morgan fingerprint density at radius 2 is 2.10 bits per heavy atom. The van der Waals surface area contributed by atoms with Crippen molar-refractivity contribution in [3.63, 3.8) is 0 Å². The highest BCUT2D eigenvalue weighted by atomic mass is 35.5. The number of ether oxygens (including phenoxy) is 1. The van der Waals surface area contributed by atoms with Crippen LogP contribution in [0.3, 0.4) is 0 Å². The van der Waals surface area contributed by atoms with Crippen molar-refractivity contribution in [1.82, 2.24) is 0 Å². The van der Waals surface area contributed by atoms with Gasteiger partial charge in [-0.1, -0.05) is 29.3 Å². The fraction of sp³-hybridized carbons (Fsp3) is 0.143. The molecular weight excluding hydrogens is 317 g/mol. The quantitative estimate of drug-likeness (QED) is 0.676. The summed E-state index contributed by atoms with van der Waals surface area (Å²) in [5.74, 6) is -1.46. The van der Waals surface area contributed by atoms with Crippen LogP contribution < -0.4 is 9.47 Å². The maximum Gasteiger partial charge on any atom is 0.394 e. The van der Waals surface area contributed by atoms with Crippen LogP contribution in [-0.4, -0.2) is 17.7 Å². The number of rotatable bonds is 5. The van der Waals surface area contributed by atoms with Crippen molar-refractivity contribution in [1.29, 1.82) is 0 Å². The molecular formula is C14H11Cl2NO4. The maximum atomic E-state index is 11.6. The summed E-state index contributed by atoms with van der Waals surface area (Å²) in [6, 6.07) is 7.71. The van der Waals surface area contributed by atoms with Crippen molar-refractivity contribution >= 4 is 29.2 Å². The number of carboxylic acids is 1. The predicted octanol–water partition coefficient (Wildman–Crippen LogP) is 2.95. The molecule has 0 radical (unpaired) electrons. The summed E-state index contributed by atoms with van der Waals surface area (Å²) >= 11 is 11.8. The molecule has 0 saturated heterocycles. The molecule has 0 aliphatic heterocycles. The molecule has 0 amide bonds. The highest BCUT2D eigenvalue weighted by Gasteiger charge is 2.20. The summed E-state index contributed by atoms with van der Waals surface area (Å²) in [4.78, 5) is 11.0. The Kier molecular flexibility index (Phi) is 4.88. The molecule has 1 aromatic heterocycles. The van der Waals surface area contributed by atoms with E-state index in [1.54, 1.807) is 18.2 Å². The average molecular weight is 328 g/mol. The van der Waals surface area contributed by atoms with E-state index in [1.165, 1.54) is 18.3 Å². The Hall–Kier alpha value is -1.98. The van der Waals surface area contributed by atoms with Gasteiger partial charge >= 0.3 is 11.8 Å². The van der Waals surface area contributed by atoms with E-state index >= 15 is 0 Å². The lowest BCUT2D eigenvalue weighted by molar-refractivity contribution is -0.613. The molecule has 0 unspecified atom stereocenters. The molecule has 1 N–H and O–H groups in total. The fourth-order valence-electron chi connectivity index (χ4n) is 1.76. The number of aromatic nitrogens is 1. The Labute approximate surface area is 130 Å². The minimum atomic E-state index is -1.22. The van der Waals surface area contributed by atoms with E-state index < -0.39 is 5.97 Å². The van der Waals surface area contributed by atoms with Gasteiger partial charge in [-0.2, -0.15) is 0 Å². The highest BCUT2D eigenvalue weighted by Crippen LogP contribution is 2.21. The van der Waals surface area contributed by atoms with Crippen LogP contribution in [0.5, 0.6) is 5.88 Å². The molecule has 0 fully saturated rings. The van der Waals surface area contributed by atoms with Crippen LogP contribution in [0.4, 0.5) is 0 Å². The maximum absolute atomic E-state index is 11.6. The van der Waals surface area contributed by atoms with E-state index in [-0.39, 0.29) is 18.1 Å². The van der Waals surface area contributed by atoms with Gasteiger partial charge in [-0.15, -0.1) is 4.73 Å². The van der Waals surface area contributed by atoms with Gasteiger partial charge in [-0.3, -0.25) is 0 Å². The standard InChI is InChI=1S/C14H11Cl2NO4/c15-10-4-3-9(12(16)8-10)5-7-21-13-11(14(18)19)2-1-6-17(13)20/h1-4,6,8H,5,7H2,(H,18,19). The van der Waals surface area contributed by atoms with E-state index in [0.29, 0.717) is 21.2 Å². The van der Waals surface area contributed by atoms with Gasteiger partial charge in [0.1, 0.15) is 0 Å². The first-order valence-electron chi connectivity index (χ1n) is 6.01. The van der Waals surface area contributed by atoms with Crippen molar-refractivity contribution in [3.05, 3.63) is 62.9 Å². The lowest BCUT2D eigenvalue weighted by atomic mass is 10.1. The molecule has 1 heterocycles. The monoisotopic (exact) mass is 327 g/mol. The Morgan fingerprint density at radius 1 is 1.33 bits per heavy atom. The summed E-state index contributed by atoms with van der Waals surface area (Å²) < 4.78 is 5.68. The lowest BCUT2D eigenvalue weighted by Gasteiger charge is -2.09. The van der Waals surface area contributed by atoms with E-state index in [9.17, 15) is 10.0 Å². The van der Waals surface area contributed by atoms with Gasteiger partial charge in [0, 0.05) is 22.5 Å². The number of nitrogens with zero attached hydrogens (tertiary/aromatic N) is 1. The van der Waals surface area contributed by atoms with Crippen LogP contribution in [0.2, 0.25) is 10.0 Å². The number of hydrogen-bond donors (Lipinski definition) is 1. The molecule has 0 bridgehead atoms. The Balaban J connectivity index is 2.09. The zero-order valence-corrected chi connectivity index (χ0v) is 12.3. The molecule has 0 aliphatic carbocycles. The first-order valence-corrected chi connectivity index (χ1v) is 6.77. The first kappa shape index (κ1) is 15.4. The number of benzene rings is 1. The van der Waals surface area contributed by atoms with Gasteiger partial charge in [0.15, 0.2) is 11.8 Å². The number of aromatic carboxylic acids is 1. The van der Waals surface area contributed by atoms with Gasteiger partial charge < -0.3 is 15.1 Å². The lowest BCUT2D eigenvalue weighted by Crippen LogP contribution is -2.31. The third-order valence-corrected chi connectivity index (χ3v) is 3.36. The van der Waals surface area contributed by atoms with E-state index in [2.05, 4.69) is 0 Å². The van der Waals surface area contributed by atoms with E-state index in [1.807, 2.05) is 0 Å². The van der Waals surface area contributed by atoms with Crippen LogP contribution in [0.1, 0.15) is 15.9 Å². The van der Waals surface area contributed by atoms with Crippen molar-refractivity contribution in [2.45, 2.75) is 6.42 Å². The van der Waals surface area contributed by atoms with E-state index in [0.717, 1.165) is 5.56 Å². The summed E-state index contributed by atoms with van der Waals surface area (Å²) in [5, 5.41) is 21.6. The number of halogens is 2. The van der Waals surface area contributed by atoms with Crippen LogP contribution in [0.25, 0.3) is 0 Å². The van der Waals surface area contributed by atoms with Crippen LogP contribution >= 0.6 is 23.2 Å². The van der Waals surface area contributed by atoms with Crippen LogP contribution in [0.15, 0.2) is 36.5 Å². The number of carbonyl (C=O) groups is 1. The first-order chi connectivity index (χ1) is 9.99. The molecule has 2 aromatic rings. The summed E-state index contributed by atoms with van der Waals surface area (Å²) in [6.45, 7) is 0.119. The summed E-state index contributed by atoms with van der Waals surface area (Å²) in [5.41, 5.74) is 0.612. The Bertz CT molecular complexity index is 676. The molecule has 7 heteroatoms. The van der Waals surface area contributed by atoms with Gasteiger partial charge in [-0.25, -0.2) is 4.79 Å². The number of hydrogen-bond acceptors (Lipinski definition) is 3. The van der Waals surface area contributed by atoms with Gasteiger partial charge in [-0.05, 0) is 23.8 Å². The van der Waals surface area contributed by atoms with Gasteiger partial charge in [0.05, 0.1) is 6.61 Å². The molecule has 110 valence electrons. The van der Waals surface area contributed by atoms with Crippen molar-refractivity contribution in [3.8, 4) is 5.88 Å². The predicted molar refractivity (Wildman–Crippen MR) is 78.0 cm³/mol. The number of carboxylic acid groups (broad SMARTS) is 1. The zero-order chi connectivity index (χ0) is 15.4. The highest BCUT2D eigenvalue weighted by molar-refractivity contribution is 6.35. The van der Waals surface area contributed by atoms with Gasteiger partial charge in [0.25, 0.3) is 0 Å². The fourth-order valence-corrected chi connectivity index (χ4v) is 2.26. The topological polar surface area (TPSA) is 73.5 Å². The molecule has 0 spiro atoms. The second-order valence-electron chi connectivity index (χ2n) is 4.19. The Morgan fingerprint density at radius 3 is 2.76 bits per heavy atom. The molecule has 21 heavy (non-hydrogen) atoms. The molecule has 5 nitrogen and oxygen atoms in total. The molecule has 2 rings (SSSR count). The molecule has 1 aromatic carbocycles. The summed E-state index contributed by atoms with van der Waals surface area (Å²) in [6.07, 6.45) is 1.60. The SMILES string of the molecule is O=C(O)c1ccc[n+]([O-])c1OCCc1ccc(Cl)cc1Cl. The van der Waals surface area contributed by atoms with Crippen molar-refractivity contribution in [2.24, 2.45) is 0 Å². The largest absolute Gasteiger partial charge is 0.616 e. The smallest absolute Gasteiger partial charge is 0.394 e. The molecule has 0 aliphatic rings. The number of pyridine rings is 1. The third-order valence-electron chi connectivity index (χ3n) is 2.77. The zero-order valence-electron chi connectivity index (χ0n) is 10.8. The average Bonchev–Trinajstić information content (AvgIpc) is 2.42. The minimum Gasteiger partial charge on any atom is -0.616 e. The van der Waals surface area contributed by atoms with Crippen molar-refractivity contribution in [2.75, 3.05) is 6.61 Å². The van der Waals surface area contributed by atoms with Gasteiger partial charge in [0.2, 0.25) is 0 Å². The minimum absolute atomic E-state index is 0.119. The van der Waals surface area contributed by atoms with E-state index in [4.69, 9.17) is 33.0 Å². The normalized spacial score (nSPS) is 10.4.